The molecule has 8 heteroatoms. The zero-order chi connectivity index (χ0) is 24.4. The summed E-state index contributed by atoms with van der Waals surface area (Å²) in [5.74, 6) is 1.52. The molecule has 0 aliphatic carbocycles. The van der Waals surface area contributed by atoms with E-state index < -0.39 is 6.04 Å². The molecule has 1 N–H and O–H groups in total. The topological polar surface area (TPSA) is 58.6 Å². The van der Waals surface area contributed by atoms with Gasteiger partial charge in [-0.3, -0.25) is 9.59 Å². The first kappa shape index (κ1) is 27.4. The molecule has 0 bridgehead atoms. The van der Waals surface area contributed by atoms with Crippen LogP contribution in [0.15, 0.2) is 42.5 Å². The van der Waals surface area contributed by atoms with Gasteiger partial charge in [-0.2, -0.15) is 0 Å². The van der Waals surface area contributed by atoms with E-state index in [1.807, 2.05) is 51.1 Å². The van der Waals surface area contributed by atoms with E-state index in [2.05, 4.69) is 5.32 Å². The predicted octanol–water partition coefficient (Wildman–Crippen LogP) is 5.96. The number of methoxy groups -OCH3 is 1. The van der Waals surface area contributed by atoms with Gasteiger partial charge < -0.3 is 15.0 Å². The molecular formula is C25H32Cl2N2O3S. The third-order valence-electron chi connectivity index (χ3n) is 5.38. The quantitative estimate of drug-likeness (QED) is 0.382. The van der Waals surface area contributed by atoms with Gasteiger partial charge in [0.1, 0.15) is 11.8 Å². The molecule has 0 heterocycles. The van der Waals surface area contributed by atoms with Gasteiger partial charge in [-0.25, -0.2) is 0 Å². The van der Waals surface area contributed by atoms with Gasteiger partial charge in [0.25, 0.3) is 0 Å². The van der Waals surface area contributed by atoms with Crippen molar-refractivity contribution in [1.82, 2.24) is 10.2 Å². The number of ether oxygens (including phenoxy) is 1. The van der Waals surface area contributed by atoms with Crippen molar-refractivity contribution in [2.24, 2.45) is 0 Å². The summed E-state index contributed by atoms with van der Waals surface area (Å²) in [4.78, 5) is 27.9. The first-order chi connectivity index (χ1) is 15.8. The standard InChI is InChI=1S/C25H32Cl2N2O3S/c1-5-17(3)28-25(31)23(6-2)29(14-19-9-12-21(26)22(27)13-19)24(30)16-33-15-18-7-10-20(32-4)11-8-18/h7-13,17,23H,5-6,14-16H2,1-4H3,(H,28,31)/t17-,23-/m1/s1. The Hall–Kier alpha value is -1.89. The fraction of sp³-hybridized carbons (Fsp3) is 0.440. The fourth-order valence-corrected chi connectivity index (χ4v) is 4.45. The van der Waals surface area contributed by atoms with Crippen molar-refractivity contribution >= 4 is 46.8 Å². The molecule has 2 amide bonds. The fourth-order valence-electron chi connectivity index (χ4n) is 3.26. The van der Waals surface area contributed by atoms with E-state index in [1.165, 1.54) is 11.8 Å². The van der Waals surface area contributed by atoms with Crippen molar-refractivity contribution in [2.75, 3.05) is 12.9 Å². The van der Waals surface area contributed by atoms with Gasteiger partial charge >= 0.3 is 0 Å². The van der Waals surface area contributed by atoms with Crippen LogP contribution < -0.4 is 10.1 Å². The number of thioether (sulfide) groups is 1. The molecule has 180 valence electrons. The van der Waals surface area contributed by atoms with E-state index in [0.717, 1.165) is 23.3 Å². The highest BCUT2D eigenvalue weighted by Crippen LogP contribution is 2.25. The van der Waals surface area contributed by atoms with Gasteiger partial charge in [0.2, 0.25) is 11.8 Å². The van der Waals surface area contributed by atoms with Crippen LogP contribution >= 0.6 is 35.0 Å². The van der Waals surface area contributed by atoms with Crippen LogP contribution in [0.1, 0.15) is 44.7 Å². The largest absolute Gasteiger partial charge is 0.497 e. The molecule has 0 unspecified atom stereocenters. The summed E-state index contributed by atoms with van der Waals surface area (Å²) in [5.41, 5.74) is 1.93. The maximum absolute atomic E-state index is 13.3. The van der Waals surface area contributed by atoms with Crippen molar-refractivity contribution in [2.45, 2.75) is 58.0 Å². The summed E-state index contributed by atoms with van der Waals surface area (Å²) in [6.45, 7) is 6.17. The number of halogens is 2. The summed E-state index contributed by atoms with van der Waals surface area (Å²) in [5, 5.41) is 3.89. The summed E-state index contributed by atoms with van der Waals surface area (Å²) in [6.07, 6.45) is 1.33. The van der Waals surface area contributed by atoms with Crippen LogP contribution in [0.2, 0.25) is 10.0 Å². The average Bonchev–Trinajstić information content (AvgIpc) is 2.81. The molecule has 5 nitrogen and oxygen atoms in total. The number of rotatable bonds is 12. The monoisotopic (exact) mass is 510 g/mol. The lowest BCUT2D eigenvalue weighted by Crippen LogP contribution is -2.51. The van der Waals surface area contributed by atoms with Gasteiger partial charge in [-0.05, 0) is 55.2 Å². The van der Waals surface area contributed by atoms with Crippen LogP contribution in [0.5, 0.6) is 5.75 Å². The molecule has 0 aliphatic heterocycles. The normalized spacial score (nSPS) is 12.7. The smallest absolute Gasteiger partial charge is 0.243 e. The molecule has 0 radical (unpaired) electrons. The van der Waals surface area contributed by atoms with Crippen LogP contribution in [0, 0.1) is 0 Å². The number of hydrogen-bond donors (Lipinski definition) is 1. The molecule has 2 aromatic rings. The third-order valence-corrected chi connectivity index (χ3v) is 7.10. The van der Waals surface area contributed by atoms with Crippen LogP contribution in [-0.2, 0) is 21.9 Å². The Kier molecular flexibility index (Phi) is 11.4. The summed E-state index contributed by atoms with van der Waals surface area (Å²) >= 11 is 13.8. The van der Waals surface area contributed by atoms with Gasteiger partial charge in [0, 0.05) is 18.3 Å². The van der Waals surface area contributed by atoms with E-state index in [-0.39, 0.29) is 30.2 Å². The average molecular weight is 512 g/mol. The number of nitrogens with zero attached hydrogens (tertiary/aromatic N) is 1. The maximum atomic E-state index is 13.3. The number of benzene rings is 2. The summed E-state index contributed by atoms with van der Waals surface area (Å²) in [6, 6.07) is 12.5. The van der Waals surface area contributed by atoms with Gasteiger partial charge in [0.15, 0.2) is 0 Å². The van der Waals surface area contributed by atoms with Crippen molar-refractivity contribution in [3.8, 4) is 5.75 Å². The van der Waals surface area contributed by atoms with E-state index >= 15 is 0 Å². The Morgan fingerprint density at radius 2 is 1.70 bits per heavy atom. The molecule has 0 aliphatic rings. The Balaban J connectivity index is 2.15. The first-order valence-corrected chi connectivity index (χ1v) is 12.9. The SMILES string of the molecule is CC[C@@H](C)NC(=O)[C@@H](CC)N(Cc1ccc(Cl)c(Cl)c1)C(=O)CSCc1ccc(OC)cc1. The zero-order valence-electron chi connectivity index (χ0n) is 19.6. The minimum absolute atomic E-state index is 0.0397. The molecule has 2 aromatic carbocycles. The minimum Gasteiger partial charge on any atom is -0.497 e. The molecule has 0 fully saturated rings. The highest BCUT2D eigenvalue weighted by molar-refractivity contribution is 7.99. The second-order valence-electron chi connectivity index (χ2n) is 7.85. The van der Waals surface area contributed by atoms with Gasteiger partial charge in [0.05, 0.1) is 22.9 Å². The highest BCUT2D eigenvalue weighted by atomic mass is 35.5. The molecule has 0 spiro atoms. The zero-order valence-corrected chi connectivity index (χ0v) is 21.9. The lowest BCUT2D eigenvalue weighted by atomic mass is 10.1. The lowest BCUT2D eigenvalue weighted by Gasteiger charge is -2.31. The van der Waals surface area contributed by atoms with Crippen LogP contribution in [0.3, 0.4) is 0 Å². The molecule has 2 atom stereocenters. The Bertz CT molecular complexity index is 924. The van der Waals surface area contributed by atoms with Crippen LogP contribution in [-0.4, -0.2) is 41.7 Å². The number of hydrogen-bond acceptors (Lipinski definition) is 4. The number of carbonyl (C=O) groups is 2. The van der Waals surface area contributed by atoms with E-state index in [4.69, 9.17) is 27.9 Å². The van der Waals surface area contributed by atoms with Crippen molar-refractivity contribution in [3.05, 3.63) is 63.6 Å². The second-order valence-corrected chi connectivity index (χ2v) is 9.65. The Morgan fingerprint density at radius 3 is 2.27 bits per heavy atom. The Morgan fingerprint density at radius 1 is 1.03 bits per heavy atom. The molecule has 0 saturated heterocycles. The number of carbonyl (C=O) groups excluding carboxylic acids is 2. The highest BCUT2D eigenvalue weighted by Gasteiger charge is 2.29. The maximum Gasteiger partial charge on any atom is 0.243 e. The van der Waals surface area contributed by atoms with Crippen LogP contribution in [0.4, 0.5) is 0 Å². The summed E-state index contributed by atoms with van der Waals surface area (Å²) in [7, 11) is 1.63. The first-order valence-electron chi connectivity index (χ1n) is 11.0. The van der Waals surface area contributed by atoms with Crippen molar-refractivity contribution in [1.29, 1.82) is 0 Å². The second kappa shape index (κ2) is 13.7. The van der Waals surface area contributed by atoms with E-state index in [1.54, 1.807) is 24.1 Å². The Labute approximate surface area is 211 Å². The van der Waals surface area contributed by atoms with Gasteiger partial charge in [-0.15, -0.1) is 11.8 Å². The number of nitrogens with one attached hydrogen (secondary N) is 1. The summed E-state index contributed by atoms with van der Waals surface area (Å²) < 4.78 is 5.19. The molecule has 2 rings (SSSR count). The molecule has 0 saturated carbocycles. The molecule has 0 aromatic heterocycles. The predicted molar refractivity (Wildman–Crippen MR) is 138 cm³/mol. The molecular weight excluding hydrogens is 479 g/mol. The minimum atomic E-state index is -0.567. The van der Waals surface area contributed by atoms with Crippen LogP contribution in [0.25, 0.3) is 0 Å². The molecule has 33 heavy (non-hydrogen) atoms. The third kappa shape index (κ3) is 8.43. The van der Waals surface area contributed by atoms with Crippen molar-refractivity contribution in [3.63, 3.8) is 0 Å². The number of amides is 2. The van der Waals surface area contributed by atoms with Crippen molar-refractivity contribution < 1.29 is 14.3 Å². The lowest BCUT2D eigenvalue weighted by molar-refractivity contribution is -0.139. The van der Waals surface area contributed by atoms with Gasteiger partial charge in [-0.1, -0.05) is 55.2 Å². The van der Waals surface area contributed by atoms with E-state index in [0.29, 0.717) is 22.2 Å². The van der Waals surface area contributed by atoms with E-state index in [9.17, 15) is 9.59 Å².